The molecule has 0 saturated carbocycles. The molecule has 1 N–H and O–H groups in total. The van der Waals surface area contributed by atoms with Crippen molar-refractivity contribution in [2.24, 2.45) is 0 Å². The van der Waals surface area contributed by atoms with E-state index < -0.39 is 17.5 Å². The molecule has 0 aliphatic rings. The molecule has 0 aliphatic heterocycles. The Balaban J connectivity index is 2.58. The van der Waals surface area contributed by atoms with E-state index in [2.05, 4.69) is 10.1 Å². The molecular formula is C11H12F3NO2. The fraction of sp³-hybridized carbons (Fsp3) is 0.364. The summed E-state index contributed by atoms with van der Waals surface area (Å²) >= 11 is 0. The molecule has 1 rings (SSSR count). The van der Waals surface area contributed by atoms with Gasteiger partial charge in [-0.25, -0.2) is 13.2 Å². The minimum atomic E-state index is -1.53. The highest BCUT2D eigenvalue weighted by Gasteiger charge is 2.13. The number of benzene rings is 1. The smallest absolute Gasteiger partial charge is 0.222 e. The van der Waals surface area contributed by atoms with E-state index >= 15 is 0 Å². The van der Waals surface area contributed by atoms with E-state index in [1.807, 2.05) is 0 Å². The number of ether oxygens (including phenoxy) is 1. The Hall–Kier alpha value is -1.56. The van der Waals surface area contributed by atoms with Crippen LogP contribution in [0.3, 0.4) is 0 Å². The first-order chi connectivity index (χ1) is 8.06. The van der Waals surface area contributed by atoms with Crippen molar-refractivity contribution in [2.45, 2.75) is 13.0 Å². The third-order valence-electron chi connectivity index (χ3n) is 2.12. The average Bonchev–Trinajstić information content (AvgIpc) is 2.32. The number of amides is 1. The average molecular weight is 247 g/mol. The molecule has 0 saturated heterocycles. The van der Waals surface area contributed by atoms with Crippen LogP contribution in [0, 0.1) is 17.5 Å². The minimum Gasteiger partial charge on any atom is -0.384 e. The molecule has 1 aromatic rings. The molecule has 1 amide bonds. The molecule has 17 heavy (non-hydrogen) atoms. The summed E-state index contributed by atoms with van der Waals surface area (Å²) in [6, 6.07) is 1.90. The van der Waals surface area contributed by atoms with Crippen molar-refractivity contribution in [2.75, 3.05) is 13.7 Å². The highest BCUT2D eigenvalue weighted by atomic mass is 19.2. The predicted octanol–water partition coefficient (Wildman–Crippen LogP) is 1.76. The van der Waals surface area contributed by atoms with Crippen LogP contribution in [0.25, 0.3) is 0 Å². The third kappa shape index (κ3) is 3.74. The number of halogens is 3. The van der Waals surface area contributed by atoms with E-state index in [1.54, 1.807) is 0 Å². The zero-order chi connectivity index (χ0) is 12.8. The fourth-order valence-corrected chi connectivity index (χ4v) is 1.18. The molecule has 0 atom stereocenters. The van der Waals surface area contributed by atoms with Crippen molar-refractivity contribution in [1.29, 1.82) is 0 Å². The first-order valence-corrected chi connectivity index (χ1v) is 4.94. The standard InChI is InChI=1S/C11H12F3NO2/c1-17-5-4-9(16)15-6-7-2-3-8(12)11(14)10(7)13/h2-3H,4-6H2,1H3,(H,15,16). The zero-order valence-electron chi connectivity index (χ0n) is 9.23. The minimum absolute atomic E-state index is 0.102. The van der Waals surface area contributed by atoms with Gasteiger partial charge in [-0.3, -0.25) is 4.79 Å². The monoisotopic (exact) mass is 247 g/mol. The van der Waals surface area contributed by atoms with E-state index in [-0.39, 0.29) is 31.0 Å². The lowest BCUT2D eigenvalue weighted by molar-refractivity contribution is -0.122. The summed E-state index contributed by atoms with van der Waals surface area (Å²) in [5, 5.41) is 2.37. The molecule has 6 heteroatoms. The largest absolute Gasteiger partial charge is 0.384 e. The van der Waals surface area contributed by atoms with Crippen molar-refractivity contribution in [1.82, 2.24) is 5.32 Å². The molecule has 0 unspecified atom stereocenters. The van der Waals surface area contributed by atoms with Gasteiger partial charge < -0.3 is 10.1 Å². The van der Waals surface area contributed by atoms with Gasteiger partial charge in [0.05, 0.1) is 6.61 Å². The Morgan fingerprint density at radius 1 is 1.29 bits per heavy atom. The maximum atomic E-state index is 13.2. The van der Waals surface area contributed by atoms with Gasteiger partial charge >= 0.3 is 0 Å². The second-order valence-electron chi connectivity index (χ2n) is 3.35. The molecule has 94 valence electrons. The molecule has 3 nitrogen and oxygen atoms in total. The zero-order valence-corrected chi connectivity index (χ0v) is 9.23. The van der Waals surface area contributed by atoms with E-state index in [0.717, 1.165) is 12.1 Å². The van der Waals surface area contributed by atoms with Gasteiger partial charge in [0.15, 0.2) is 17.5 Å². The first kappa shape index (κ1) is 13.5. The van der Waals surface area contributed by atoms with E-state index in [1.165, 1.54) is 7.11 Å². The van der Waals surface area contributed by atoms with Crippen molar-refractivity contribution >= 4 is 5.91 Å². The van der Waals surface area contributed by atoms with Gasteiger partial charge in [0, 0.05) is 25.6 Å². The van der Waals surface area contributed by atoms with Crippen LogP contribution in [-0.4, -0.2) is 19.6 Å². The predicted molar refractivity (Wildman–Crippen MR) is 54.7 cm³/mol. The molecule has 0 bridgehead atoms. The topological polar surface area (TPSA) is 38.3 Å². The maximum Gasteiger partial charge on any atom is 0.222 e. The molecule has 0 aliphatic carbocycles. The Labute approximate surface area is 96.6 Å². The van der Waals surface area contributed by atoms with Crippen LogP contribution in [0.5, 0.6) is 0 Å². The summed E-state index contributed by atoms with van der Waals surface area (Å²) < 4.78 is 43.3. The highest BCUT2D eigenvalue weighted by Crippen LogP contribution is 2.14. The third-order valence-corrected chi connectivity index (χ3v) is 2.12. The van der Waals surface area contributed by atoms with Gasteiger partial charge in [-0.05, 0) is 6.07 Å². The highest BCUT2D eigenvalue weighted by molar-refractivity contribution is 5.75. The molecule has 0 fully saturated rings. The SMILES string of the molecule is COCCC(=O)NCc1ccc(F)c(F)c1F. The van der Waals surface area contributed by atoms with Crippen LogP contribution in [0.1, 0.15) is 12.0 Å². The van der Waals surface area contributed by atoms with Crippen molar-refractivity contribution in [3.8, 4) is 0 Å². The van der Waals surface area contributed by atoms with Gasteiger partial charge in [0.25, 0.3) is 0 Å². The van der Waals surface area contributed by atoms with Gasteiger partial charge in [-0.1, -0.05) is 6.07 Å². The Kier molecular flexibility index (Phi) is 4.96. The Morgan fingerprint density at radius 3 is 2.65 bits per heavy atom. The van der Waals surface area contributed by atoms with Crippen LogP contribution in [-0.2, 0) is 16.1 Å². The maximum absolute atomic E-state index is 13.2. The molecule has 0 radical (unpaired) electrons. The lowest BCUT2D eigenvalue weighted by Gasteiger charge is -2.06. The molecule has 0 aromatic heterocycles. The summed E-state index contributed by atoms with van der Waals surface area (Å²) in [6.45, 7) is 0.0532. The van der Waals surface area contributed by atoms with Crippen molar-refractivity contribution < 1.29 is 22.7 Å². The Morgan fingerprint density at radius 2 is 2.00 bits per heavy atom. The van der Waals surface area contributed by atoms with Gasteiger partial charge in [-0.15, -0.1) is 0 Å². The second kappa shape index (κ2) is 6.24. The second-order valence-corrected chi connectivity index (χ2v) is 3.35. The summed E-state index contributed by atoms with van der Waals surface area (Å²) in [6.07, 6.45) is 0.127. The number of methoxy groups -OCH3 is 1. The quantitative estimate of drug-likeness (QED) is 0.805. The summed E-state index contributed by atoms with van der Waals surface area (Å²) in [4.78, 5) is 11.2. The molecular weight excluding hydrogens is 235 g/mol. The van der Waals surface area contributed by atoms with Crippen LogP contribution >= 0.6 is 0 Å². The number of nitrogens with one attached hydrogen (secondary N) is 1. The van der Waals surface area contributed by atoms with E-state index in [9.17, 15) is 18.0 Å². The first-order valence-electron chi connectivity index (χ1n) is 4.94. The lowest BCUT2D eigenvalue weighted by Crippen LogP contribution is -2.24. The van der Waals surface area contributed by atoms with Crippen molar-refractivity contribution in [3.05, 3.63) is 35.1 Å². The number of hydrogen-bond donors (Lipinski definition) is 1. The molecule has 0 heterocycles. The van der Waals surface area contributed by atoms with Crippen LogP contribution in [0.2, 0.25) is 0 Å². The Bertz CT molecular complexity index is 410. The summed E-state index contributed by atoms with van der Waals surface area (Å²) in [5.74, 6) is -4.42. The van der Waals surface area contributed by atoms with Gasteiger partial charge in [-0.2, -0.15) is 0 Å². The number of hydrogen-bond acceptors (Lipinski definition) is 2. The molecule has 1 aromatic carbocycles. The number of carbonyl (C=O) groups is 1. The van der Waals surface area contributed by atoms with E-state index in [4.69, 9.17) is 0 Å². The van der Waals surface area contributed by atoms with Gasteiger partial charge in [0.2, 0.25) is 5.91 Å². The number of rotatable bonds is 5. The van der Waals surface area contributed by atoms with Crippen LogP contribution < -0.4 is 5.32 Å². The fourth-order valence-electron chi connectivity index (χ4n) is 1.18. The number of carbonyl (C=O) groups excluding carboxylic acids is 1. The van der Waals surface area contributed by atoms with Crippen LogP contribution in [0.15, 0.2) is 12.1 Å². The lowest BCUT2D eigenvalue weighted by atomic mass is 10.2. The van der Waals surface area contributed by atoms with Crippen LogP contribution in [0.4, 0.5) is 13.2 Å². The normalized spacial score (nSPS) is 10.4. The summed E-state index contributed by atoms with van der Waals surface area (Å²) in [7, 11) is 1.45. The molecule has 0 spiro atoms. The summed E-state index contributed by atoms with van der Waals surface area (Å²) in [5.41, 5.74) is -0.102. The van der Waals surface area contributed by atoms with Gasteiger partial charge in [0.1, 0.15) is 0 Å². The van der Waals surface area contributed by atoms with Crippen molar-refractivity contribution in [3.63, 3.8) is 0 Å². The van der Waals surface area contributed by atoms with E-state index in [0.29, 0.717) is 0 Å².